The molecule has 1 aromatic carbocycles. The summed E-state index contributed by atoms with van der Waals surface area (Å²) >= 11 is 0. The SMILES string of the molecule is CN(C)c1ccc(C(=O)N2CCC[C@]3(CCCC(=O)N3C)C2)cc1. The molecule has 2 heterocycles. The minimum absolute atomic E-state index is 0.0748. The Labute approximate surface area is 144 Å². The summed E-state index contributed by atoms with van der Waals surface area (Å²) in [5.41, 5.74) is 1.65. The second-order valence-electron chi connectivity index (χ2n) is 7.30. The van der Waals surface area contributed by atoms with Crippen LogP contribution in [0.1, 0.15) is 42.5 Å². The van der Waals surface area contributed by atoms with Crippen LogP contribution in [0.4, 0.5) is 5.69 Å². The maximum absolute atomic E-state index is 12.9. The number of nitrogens with zero attached hydrogens (tertiary/aromatic N) is 3. The normalized spacial score (nSPS) is 24.4. The Balaban J connectivity index is 1.76. The average molecular weight is 329 g/mol. The summed E-state index contributed by atoms with van der Waals surface area (Å²) in [6.07, 6.45) is 4.53. The highest BCUT2D eigenvalue weighted by Crippen LogP contribution is 2.36. The number of benzene rings is 1. The fourth-order valence-corrected chi connectivity index (χ4v) is 4.02. The summed E-state index contributed by atoms with van der Waals surface area (Å²) in [6.45, 7) is 1.43. The van der Waals surface area contributed by atoms with Crippen LogP contribution in [-0.2, 0) is 4.79 Å². The van der Waals surface area contributed by atoms with Crippen LogP contribution < -0.4 is 4.90 Å². The molecular weight excluding hydrogens is 302 g/mol. The van der Waals surface area contributed by atoms with Gasteiger partial charge >= 0.3 is 0 Å². The number of anilines is 1. The molecular formula is C19H27N3O2. The lowest BCUT2D eigenvalue weighted by molar-refractivity contribution is -0.142. The first-order valence-electron chi connectivity index (χ1n) is 8.76. The van der Waals surface area contributed by atoms with Gasteiger partial charge in [0, 0.05) is 51.9 Å². The van der Waals surface area contributed by atoms with Crippen molar-refractivity contribution in [3.05, 3.63) is 29.8 Å². The van der Waals surface area contributed by atoms with E-state index in [1.165, 1.54) is 0 Å². The van der Waals surface area contributed by atoms with Crippen molar-refractivity contribution in [3.8, 4) is 0 Å². The van der Waals surface area contributed by atoms with E-state index in [4.69, 9.17) is 0 Å². The molecule has 0 radical (unpaired) electrons. The molecule has 2 amide bonds. The van der Waals surface area contributed by atoms with Crippen molar-refractivity contribution in [1.29, 1.82) is 0 Å². The summed E-state index contributed by atoms with van der Waals surface area (Å²) in [4.78, 5) is 30.9. The number of carbonyl (C=O) groups is 2. The molecule has 3 rings (SSSR count). The Kier molecular flexibility index (Phi) is 4.52. The maximum atomic E-state index is 12.9. The first kappa shape index (κ1) is 16.8. The Morgan fingerprint density at radius 2 is 1.79 bits per heavy atom. The number of hydrogen-bond donors (Lipinski definition) is 0. The molecule has 24 heavy (non-hydrogen) atoms. The third kappa shape index (κ3) is 2.99. The number of carbonyl (C=O) groups excluding carboxylic acids is 2. The number of likely N-dealkylation sites (N-methyl/N-ethyl adjacent to an activating group) is 1. The highest BCUT2D eigenvalue weighted by Gasteiger charge is 2.44. The minimum atomic E-state index is -0.160. The zero-order valence-corrected chi connectivity index (χ0v) is 14.9. The van der Waals surface area contributed by atoms with Gasteiger partial charge in [-0.2, -0.15) is 0 Å². The lowest BCUT2D eigenvalue weighted by Crippen LogP contribution is -2.61. The van der Waals surface area contributed by atoms with E-state index in [0.717, 1.165) is 43.5 Å². The van der Waals surface area contributed by atoms with Gasteiger partial charge in [0.25, 0.3) is 5.91 Å². The van der Waals surface area contributed by atoms with Gasteiger partial charge in [-0.05, 0) is 49.9 Å². The van der Waals surface area contributed by atoms with Crippen molar-refractivity contribution >= 4 is 17.5 Å². The first-order chi connectivity index (χ1) is 11.4. The highest BCUT2D eigenvalue weighted by molar-refractivity contribution is 5.94. The number of likely N-dealkylation sites (tertiary alicyclic amines) is 2. The van der Waals surface area contributed by atoms with Crippen molar-refractivity contribution in [3.63, 3.8) is 0 Å². The van der Waals surface area contributed by atoms with Gasteiger partial charge in [-0.3, -0.25) is 9.59 Å². The van der Waals surface area contributed by atoms with Gasteiger partial charge in [0.05, 0.1) is 5.54 Å². The number of rotatable bonds is 2. The molecule has 1 spiro atoms. The Morgan fingerprint density at radius 1 is 1.12 bits per heavy atom. The van der Waals surface area contributed by atoms with Crippen LogP contribution in [0.3, 0.4) is 0 Å². The summed E-state index contributed by atoms with van der Waals surface area (Å²) < 4.78 is 0. The number of amides is 2. The quantitative estimate of drug-likeness (QED) is 0.837. The lowest BCUT2D eigenvalue weighted by atomic mass is 9.80. The van der Waals surface area contributed by atoms with Crippen molar-refractivity contribution in [2.24, 2.45) is 0 Å². The molecule has 0 saturated carbocycles. The molecule has 5 heteroatoms. The number of piperidine rings is 2. The van der Waals surface area contributed by atoms with Crippen molar-refractivity contribution in [1.82, 2.24) is 9.80 Å². The van der Waals surface area contributed by atoms with Crippen molar-refractivity contribution in [2.75, 3.05) is 39.1 Å². The summed E-state index contributed by atoms with van der Waals surface area (Å²) in [6, 6.07) is 7.75. The van der Waals surface area contributed by atoms with Crippen molar-refractivity contribution in [2.45, 2.75) is 37.6 Å². The van der Waals surface area contributed by atoms with E-state index >= 15 is 0 Å². The number of hydrogen-bond acceptors (Lipinski definition) is 3. The molecule has 0 bridgehead atoms. The second-order valence-corrected chi connectivity index (χ2v) is 7.30. The van der Waals surface area contributed by atoms with E-state index in [2.05, 4.69) is 0 Å². The predicted molar refractivity (Wildman–Crippen MR) is 95.3 cm³/mol. The van der Waals surface area contributed by atoms with Crippen LogP contribution in [0.15, 0.2) is 24.3 Å². The van der Waals surface area contributed by atoms with E-state index in [0.29, 0.717) is 13.0 Å². The lowest BCUT2D eigenvalue weighted by Gasteiger charge is -2.50. The average Bonchev–Trinajstić information content (AvgIpc) is 2.59. The monoisotopic (exact) mass is 329 g/mol. The fourth-order valence-electron chi connectivity index (χ4n) is 4.02. The smallest absolute Gasteiger partial charge is 0.253 e. The standard InChI is InChI=1S/C19H27N3O2/c1-20(2)16-9-7-15(8-10-16)18(24)22-13-5-12-19(14-22)11-4-6-17(23)21(19)3/h7-10H,4-6,11-14H2,1-3H3/t19-/m1/s1. The van der Waals surface area contributed by atoms with Gasteiger partial charge in [-0.25, -0.2) is 0 Å². The minimum Gasteiger partial charge on any atom is -0.378 e. The van der Waals surface area contributed by atoms with E-state index in [-0.39, 0.29) is 17.4 Å². The molecule has 2 saturated heterocycles. The van der Waals surface area contributed by atoms with E-state index in [1.807, 2.05) is 60.1 Å². The van der Waals surface area contributed by atoms with Crippen LogP contribution >= 0.6 is 0 Å². The van der Waals surface area contributed by atoms with Crippen LogP contribution in [0.25, 0.3) is 0 Å². The third-order valence-corrected chi connectivity index (χ3v) is 5.59. The molecule has 2 aliphatic rings. The Bertz CT molecular complexity index is 622. The largest absolute Gasteiger partial charge is 0.378 e. The third-order valence-electron chi connectivity index (χ3n) is 5.59. The van der Waals surface area contributed by atoms with Gasteiger partial charge in [-0.15, -0.1) is 0 Å². The van der Waals surface area contributed by atoms with Crippen molar-refractivity contribution < 1.29 is 9.59 Å². The van der Waals surface area contributed by atoms with Crippen LogP contribution in [0.2, 0.25) is 0 Å². The molecule has 2 aliphatic heterocycles. The Morgan fingerprint density at radius 3 is 2.46 bits per heavy atom. The summed E-state index contributed by atoms with van der Waals surface area (Å²) in [7, 11) is 5.88. The van der Waals surface area contributed by atoms with Crippen LogP contribution in [0.5, 0.6) is 0 Å². The summed E-state index contributed by atoms with van der Waals surface area (Å²) in [5.74, 6) is 0.289. The topological polar surface area (TPSA) is 43.9 Å². The fraction of sp³-hybridized carbons (Fsp3) is 0.579. The molecule has 0 N–H and O–H groups in total. The molecule has 5 nitrogen and oxygen atoms in total. The maximum Gasteiger partial charge on any atom is 0.253 e. The van der Waals surface area contributed by atoms with E-state index in [9.17, 15) is 9.59 Å². The van der Waals surface area contributed by atoms with E-state index < -0.39 is 0 Å². The van der Waals surface area contributed by atoms with Crippen LogP contribution in [-0.4, -0.2) is 61.4 Å². The molecule has 2 fully saturated rings. The summed E-state index contributed by atoms with van der Waals surface area (Å²) in [5, 5.41) is 0. The van der Waals surface area contributed by atoms with Gasteiger partial charge < -0.3 is 14.7 Å². The van der Waals surface area contributed by atoms with E-state index in [1.54, 1.807) is 0 Å². The van der Waals surface area contributed by atoms with Gasteiger partial charge in [0.15, 0.2) is 0 Å². The van der Waals surface area contributed by atoms with Gasteiger partial charge in [0.2, 0.25) is 5.91 Å². The molecule has 0 aliphatic carbocycles. The zero-order chi connectivity index (χ0) is 17.3. The van der Waals surface area contributed by atoms with Gasteiger partial charge in [-0.1, -0.05) is 0 Å². The molecule has 1 aromatic rings. The first-order valence-corrected chi connectivity index (χ1v) is 8.76. The Hall–Kier alpha value is -2.04. The predicted octanol–water partition coefficient (Wildman–Crippen LogP) is 2.37. The second kappa shape index (κ2) is 6.46. The molecule has 130 valence electrons. The van der Waals surface area contributed by atoms with Crippen LogP contribution in [0, 0.1) is 0 Å². The zero-order valence-electron chi connectivity index (χ0n) is 14.9. The van der Waals surface area contributed by atoms with Gasteiger partial charge in [0.1, 0.15) is 0 Å². The molecule has 0 aromatic heterocycles. The molecule has 0 unspecified atom stereocenters. The highest BCUT2D eigenvalue weighted by atomic mass is 16.2. The molecule has 1 atom stereocenters.